The normalized spacial score (nSPS) is 12.7. The fourth-order valence-electron chi connectivity index (χ4n) is 0.139. The topological polar surface area (TPSA) is 49.3 Å². The van der Waals surface area contributed by atoms with Gasteiger partial charge in [0.05, 0.1) is 0 Å². The summed E-state index contributed by atoms with van der Waals surface area (Å²) in [5.41, 5.74) is 1.72. The molecule has 0 bridgehead atoms. The molecular weight excluding hydrogens is 94.0 g/mol. The van der Waals surface area contributed by atoms with Crippen LogP contribution in [0.2, 0.25) is 0 Å². The van der Waals surface area contributed by atoms with Gasteiger partial charge < -0.3 is 10.0 Å². The first-order valence-electron chi connectivity index (χ1n) is 1.82. The van der Waals surface area contributed by atoms with Crippen LogP contribution in [0.1, 0.15) is 0 Å². The third-order valence-electron chi connectivity index (χ3n) is 0.550. The number of hydroxylamine groups is 1. The molecule has 1 atom stereocenters. The van der Waals surface area contributed by atoms with E-state index in [1.807, 2.05) is 0 Å². The molecule has 0 aliphatic carbocycles. The molecule has 0 spiro atoms. The Balaban J connectivity index is 3.36. The largest absolute Gasteiger partial charge is 0.316 e. The summed E-state index contributed by atoms with van der Waals surface area (Å²) in [6, 6.07) is -0.625. The molecule has 0 aromatic heterocycles. The van der Waals surface area contributed by atoms with E-state index >= 15 is 0 Å². The molecule has 7 heavy (non-hydrogen) atoms. The third kappa shape index (κ3) is 2.08. The number of carbonyl (C=O) groups is 1. The molecule has 0 aliphatic rings. The number of hydrogen-bond donors (Lipinski definition) is 2. The summed E-state index contributed by atoms with van der Waals surface area (Å²) in [7, 11) is 0. The van der Waals surface area contributed by atoms with Gasteiger partial charge in [-0.25, -0.2) is 0 Å². The predicted octanol–water partition coefficient (Wildman–Crippen LogP) is -0.281. The lowest BCUT2D eigenvalue weighted by Gasteiger charge is -1.95. The highest BCUT2D eigenvalue weighted by molar-refractivity contribution is 5.60. The molecule has 0 fully saturated rings. The Hall–Kier alpha value is -0.670. The number of hydrogen-bond acceptors (Lipinski definition) is 3. The van der Waals surface area contributed by atoms with E-state index in [-0.39, 0.29) is 0 Å². The molecule has 0 aromatic rings. The van der Waals surface area contributed by atoms with Crippen molar-refractivity contribution < 1.29 is 10.0 Å². The van der Waals surface area contributed by atoms with E-state index in [1.165, 1.54) is 6.08 Å². The maximum atomic E-state index is 9.67. The van der Waals surface area contributed by atoms with Gasteiger partial charge in [-0.3, -0.25) is 0 Å². The molecule has 1 unspecified atom stereocenters. The third-order valence-corrected chi connectivity index (χ3v) is 0.550. The van der Waals surface area contributed by atoms with Gasteiger partial charge in [-0.15, -0.1) is 6.58 Å². The lowest BCUT2D eigenvalue weighted by Crippen LogP contribution is -2.23. The second-order valence-corrected chi connectivity index (χ2v) is 1.03. The quantitative estimate of drug-likeness (QED) is 0.292. The van der Waals surface area contributed by atoms with Gasteiger partial charge in [0.2, 0.25) is 0 Å². The fraction of sp³-hybridized carbons (Fsp3) is 0.250. The van der Waals surface area contributed by atoms with Crippen LogP contribution in [0.3, 0.4) is 0 Å². The lowest BCUT2D eigenvalue weighted by atomic mass is 10.4. The van der Waals surface area contributed by atoms with Crippen LogP contribution in [0.15, 0.2) is 12.7 Å². The number of nitrogens with one attached hydrogen (secondary N) is 1. The van der Waals surface area contributed by atoms with E-state index in [2.05, 4.69) is 6.58 Å². The molecule has 0 saturated heterocycles. The minimum atomic E-state index is -0.625. The van der Waals surface area contributed by atoms with Crippen molar-refractivity contribution in [1.29, 1.82) is 0 Å². The molecule has 0 radical (unpaired) electrons. The zero-order chi connectivity index (χ0) is 5.70. The maximum Gasteiger partial charge on any atom is 0.143 e. The molecule has 3 nitrogen and oxygen atoms in total. The number of rotatable bonds is 3. The van der Waals surface area contributed by atoms with Crippen LogP contribution in [-0.2, 0) is 4.79 Å². The van der Waals surface area contributed by atoms with Crippen LogP contribution in [0, 0.1) is 0 Å². The summed E-state index contributed by atoms with van der Waals surface area (Å²) in [5.74, 6) is 0. The molecule has 0 aromatic carbocycles. The molecule has 3 heteroatoms. The second kappa shape index (κ2) is 3.52. The summed E-state index contributed by atoms with van der Waals surface area (Å²) in [6.45, 7) is 3.25. The molecule has 0 amide bonds. The Morgan fingerprint density at radius 3 is 2.43 bits per heavy atom. The summed E-state index contributed by atoms with van der Waals surface area (Å²) in [6.07, 6.45) is 1.85. The molecule has 0 heterocycles. The van der Waals surface area contributed by atoms with Gasteiger partial charge in [0.15, 0.2) is 0 Å². The van der Waals surface area contributed by atoms with Gasteiger partial charge in [-0.1, -0.05) is 6.08 Å². The van der Waals surface area contributed by atoms with Gasteiger partial charge >= 0.3 is 0 Å². The Morgan fingerprint density at radius 1 is 1.86 bits per heavy atom. The molecular formula is C4H7NO2. The lowest BCUT2D eigenvalue weighted by molar-refractivity contribution is -0.110. The zero-order valence-corrected chi connectivity index (χ0v) is 3.79. The first-order valence-corrected chi connectivity index (χ1v) is 1.82. The maximum absolute atomic E-state index is 9.67. The van der Waals surface area contributed by atoms with Gasteiger partial charge in [0, 0.05) is 0 Å². The standard InChI is InChI=1S/C4H7NO2/c1-2-4(3-6)5-7/h2-5,7H,1H2. The van der Waals surface area contributed by atoms with Crippen LogP contribution in [0.25, 0.3) is 0 Å². The fourth-order valence-corrected chi connectivity index (χ4v) is 0.139. The van der Waals surface area contributed by atoms with Gasteiger partial charge in [-0.2, -0.15) is 5.48 Å². The smallest absolute Gasteiger partial charge is 0.143 e. The highest BCUT2D eigenvalue weighted by Crippen LogP contribution is 1.71. The van der Waals surface area contributed by atoms with E-state index in [1.54, 1.807) is 5.48 Å². The van der Waals surface area contributed by atoms with Crippen molar-refractivity contribution in [2.45, 2.75) is 6.04 Å². The van der Waals surface area contributed by atoms with Crippen LogP contribution >= 0.6 is 0 Å². The highest BCUT2D eigenvalue weighted by atomic mass is 16.5. The van der Waals surface area contributed by atoms with E-state index in [0.717, 1.165) is 0 Å². The molecule has 0 saturated carbocycles. The van der Waals surface area contributed by atoms with E-state index in [9.17, 15) is 4.79 Å². The number of carbonyl (C=O) groups excluding carboxylic acids is 1. The average Bonchev–Trinajstić information content (AvgIpc) is 1.72. The summed E-state index contributed by atoms with van der Waals surface area (Å²) in [4.78, 5) is 9.67. The molecule has 0 aliphatic heterocycles. The Kier molecular flexibility index (Phi) is 3.18. The van der Waals surface area contributed by atoms with E-state index < -0.39 is 6.04 Å². The minimum absolute atomic E-state index is 0.549. The van der Waals surface area contributed by atoms with Gasteiger partial charge in [0.25, 0.3) is 0 Å². The summed E-state index contributed by atoms with van der Waals surface area (Å²) < 4.78 is 0. The van der Waals surface area contributed by atoms with Crippen molar-refractivity contribution in [3.8, 4) is 0 Å². The second-order valence-electron chi connectivity index (χ2n) is 1.03. The molecule has 0 rings (SSSR count). The first-order chi connectivity index (χ1) is 3.35. The first kappa shape index (κ1) is 6.33. The Bertz CT molecular complexity index is 64.1. The molecule has 40 valence electrons. The average molecular weight is 101 g/mol. The predicted molar refractivity (Wildman–Crippen MR) is 25.0 cm³/mol. The van der Waals surface area contributed by atoms with Crippen molar-refractivity contribution >= 4 is 6.29 Å². The van der Waals surface area contributed by atoms with Gasteiger partial charge in [-0.05, 0) is 0 Å². The SMILES string of the molecule is C=CC(C=O)NO. The van der Waals surface area contributed by atoms with Crippen molar-refractivity contribution in [3.05, 3.63) is 12.7 Å². The zero-order valence-electron chi connectivity index (χ0n) is 3.79. The van der Waals surface area contributed by atoms with Crippen molar-refractivity contribution in [3.63, 3.8) is 0 Å². The Labute approximate surface area is 41.6 Å². The summed E-state index contributed by atoms with van der Waals surface area (Å²) in [5, 5.41) is 7.97. The van der Waals surface area contributed by atoms with Crippen LogP contribution in [-0.4, -0.2) is 17.5 Å². The van der Waals surface area contributed by atoms with Gasteiger partial charge in [0.1, 0.15) is 12.3 Å². The van der Waals surface area contributed by atoms with Crippen LogP contribution in [0.5, 0.6) is 0 Å². The van der Waals surface area contributed by atoms with Crippen LogP contribution < -0.4 is 5.48 Å². The van der Waals surface area contributed by atoms with E-state index in [0.29, 0.717) is 6.29 Å². The Morgan fingerprint density at radius 2 is 2.43 bits per heavy atom. The van der Waals surface area contributed by atoms with E-state index in [4.69, 9.17) is 5.21 Å². The van der Waals surface area contributed by atoms with Crippen molar-refractivity contribution in [1.82, 2.24) is 5.48 Å². The summed E-state index contributed by atoms with van der Waals surface area (Å²) >= 11 is 0. The highest BCUT2D eigenvalue weighted by Gasteiger charge is 1.92. The minimum Gasteiger partial charge on any atom is -0.316 e. The monoisotopic (exact) mass is 101 g/mol. The van der Waals surface area contributed by atoms with Crippen molar-refractivity contribution in [2.75, 3.05) is 0 Å². The van der Waals surface area contributed by atoms with Crippen molar-refractivity contribution in [2.24, 2.45) is 0 Å². The number of aldehydes is 1. The van der Waals surface area contributed by atoms with Crippen LogP contribution in [0.4, 0.5) is 0 Å². The molecule has 2 N–H and O–H groups in total.